The molecule has 3 aromatic heterocycles. The average molecular weight is 633 g/mol. The number of carbonyl (C=O) groups excluding carboxylic acids is 2. The third-order valence-corrected chi connectivity index (χ3v) is 7.94. The number of pyridine rings is 1. The lowest BCUT2D eigenvalue weighted by Crippen LogP contribution is -2.52. The molecule has 3 aromatic rings. The molecule has 1 atom stereocenters. The summed E-state index contributed by atoms with van der Waals surface area (Å²) in [5.41, 5.74) is -0.126. The van der Waals surface area contributed by atoms with Crippen molar-refractivity contribution in [2.75, 3.05) is 11.9 Å². The van der Waals surface area contributed by atoms with E-state index < -0.39 is 24.2 Å². The van der Waals surface area contributed by atoms with Crippen LogP contribution in [-0.4, -0.2) is 49.7 Å². The molecule has 0 aromatic carbocycles. The van der Waals surface area contributed by atoms with Gasteiger partial charge in [-0.15, -0.1) is 0 Å². The van der Waals surface area contributed by atoms with E-state index in [1.54, 1.807) is 36.0 Å². The van der Waals surface area contributed by atoms with Crippen LogP contribution in [0.5, 0.6) is 0 Å². The Balaban J connectivity index is 1.56. The van der Waals surface area contributed by atoms with Crippen LogP contribution >= 0.6 is 0 Å². The van der Waals surface area contributed by atoms with Gasteiger partial charge < -0.3 is 15.4 Å². The largest absolute Gasteiger partial charge is 0.444 e. The summed E-state index contributed by atoms with van der Waals surface area (Å²) in [6.45, 7) is 4.00. The highest BCUT2D eigenvalue weighted by molar-refractivity contribution is 5.92. The van der Waals surface area contributed by atoms with E-state index in [4.69, 9.17) is 4.74 Å². The van der Waals surface area contributed by atoms with E-state index in [9.17, 15) is 22.8 Å². The van der Waals surface area contributed by atoms with Gasteiger partial charge in [-0.1, -0.05) is 78.1 Å². The number of anilines is 1. The molecule has 248 valence electrons. The molecule has 0 aliphatic rings. The number of carbonyl (C=O) groups is 2. The molecule has 0 saturated heterocycles. The minimum atomic E-state index is -4.52. The number of aromatic nitrogens is 4. The van der Waals surface area contributed by atoms with Gasteiger partial charge in [-0.25, -0.2) is 15.0 Å². The smallest absolute Gasteiger partial charge is 0.405 e. The molecule has 2 N–H and O–H groups in total. The predicted molar refractivity (Wildman–Crippen MR) is 169 cm³/mol. The van der Waals surface area contributed by atoms with Gasteiger partial charge in [0.2, 0.25) is 5.91 Å². The number of ether oxygens (including phenoxy) is 1. The summed E-state index contributed by atoms with van der Waals surface area (Å²) >= 11 is 0. The normalized spacial score (nSPS) is 13.0. The zero-order chi connectivity index (χ0) is 32.7. The van der Waals surface area contributed by atoms with Crippen molar-refractivity contribution in [2.45, 2.75) is 123 Å². The molecule has 12 heteroatoms. The highest BCUT2D eigenvalue weighted by Gasteiger charge is 2.35. The molecule has 0 aliphatic carbocycles. The molecule has 0 bridgehead atoms. The number of rotatable bonds is 20. The molecule has 9 nitrogen and oxygen atoms in total. The summed E-state index contributed by atoms with van der Waals surface area (Å²) < 4.78 is 45.3. The number of halogens is 3. The fourth-order valence-electron chi connectivity index (χ4n) is 5.07. The van der Waals surface area contributed by atoms with Crippen LogP contribution in [0.4, 0.5) is 19.0 Å². The highest BCUT2D eigenvalue weighted by atomic mass is 19.4. The van der Waals surface area contributed by atoms with E-state index in [0.717, 1.165) is 24.6 Å². The number of unbranched alkanes of at least 4 members (excludes halogenated alkanes) is 10. The summed E-state index contributed by atoms with van der Waals surface area (Å²) in [5, 5.41) is 5.65. The maximum atomic E-state index is 12.7. The number of hydrogen-bond acceptors (Lipinski definition) is 7. The van der Waals surface area contributed by atoms with Crippen molar-refractivity contribution in [1.29, 1.82) is 0 Å². The first-order valence-corrected chi connectivity index (χ1v) is 16.1. The van der Waals surface area contributed by atoms with Crippen LogP contribution in [0, 0.1) is 0 Å². The molecule has 0 aliphatic heterocycles. The number of nitrogens with one attached hydrogen (secondary N) is 2. The Morgan fingerprint density at radius 1 is 0.911 bits per heavy atom. The Kier molecular flexibility index (Phi) is 14.1. The number of fused-ring (bicyclic) bond motifs is 1. The molecule has 0 saturated carbocycles. The van der Waals surface area contributed by atoms with Crippen LogP contribution < -0.4 is 10.6 Å². The molecule has 0 fully saturated rings. The third-order valence-electron chi connectivity index (χ3n) is 7.94. The number of nitrogens with zero attached hydrogens (tertiary/aromatic N) is 4. The highest BCUT2D eigenvalue weighted by Crippen LogP contribution is 2.29. The topological polar surface area (TPSA) is 111 Å². The molecule has 3 heterocycles. The van der Waals surface area contributed by atoms with Gasteiger partial charge in [0.1, 0.15) is 23.5 Å². The van der Waals surface area contributed by atoms with E-state index in [2.05, 4.69) is 27.2 Å². The van der Waals surface area contributed by atoms with Crippen molar-refractivity contribution in [3.8, 4) is 11.4 Å². The first-order chi connectivity index (χ1) is 21.6. The quantitative estimate of drug-likeness (QED) is 0.0960. The molecule has 3 rings (SSSR count). The molecule has 0 radical (unpaired) electrons. The fourth-order valence-corrected chi connectivity index (χ4v) is 5.07. The van der Waals surface area contributed by atoms with Crippen LogP contribution in [0.2, 0.25) is 0 Å². The maximum Gasteiger partial charge on any atom is 0.405 e. The Morgan fingerprint density at radius 3 is 2.22 bits per heavy atom. The Hall–Kier alpha value is -3.70. The summed E-state index contributed by atoms with van der Waals surface area (Å²) in [6.07, 6.45) is 14.2. The first-order valence-electron chi connectivity index (χ1n) is 16.1. The van der Waals surface area contributed by atoms with Gasteiger partial charge in [0.25, 0.3) is 0 Å². The predicted octanol–water partition coefficient (Wildman–Crippen LogP) is 7.95. The van der Waals surface area contributed by atoms with Gasteiger partial charge in [0.05, 0.1) is 0 Å². The van der Waals surface area contributed by atoms with Crippen molar-refractivity contribution in [3.05, 3.63) is 36.8 Å². The minimum absolute atomic E-state index is 0.0183. The van der Waals surface area contributed by atoms with Crippen LogP contribution in [0.25, 0.3) is 22.4 Å². The van der Waals surface area contributed by atoms with Crippen molar-refractivity contribution < 1.29 is 27.5 Å². The molecule has 0 unspecified atom stereocenters. The second-order valence-corrected chi connectivity index (χ2v) is 11.7. The van der Waals surface area contributed by atoms with E-state index in [1.165, 1.54) is 64.5 Å². The van der Waals surface area contributed by atoms with Crippen molar-refractivity contribution in [1.82, 2.24) is 24.8 Å². The van der Waals surface area contributed by atoms with Gasteiger partial charge in [-0.2, -0.15) is 13.2 Å². The SMILES string of the molecule is CCCCCCCCCCCCCC(=O)OCn1cc(-c2nccc(N[C@](C)(CC)C(=O)NCC(F)(F)F)n2)c2cccnc21. The molecule has 45 heavy (non-hydrogen) atoms. The lowest BCUT2D eigenvalue weighted by molar-refractivity contribution is -0.147. The van der Waals surface area contributed by atoms with E-state index >= 15 is 0 Å². The monoisotopic (exact) mass is 632 g/mol. The van der Waals surface area contributed by atoms with Gasteiger partial charge in [-0.3, -0.25) is 14.2 Å². The molecule has 0 spiro atoms. The summed E-state index contributed by atoms with van der Waals surface area (Å²) in [4.78, 5) is 38.5. The zero-order valence-electron chi connectivity index (χ0n) is 26.7. The average Bonchev–Trinajstić information content (AvgIpc) is 3.40. The fraction of sp³-hybridized carbons (Fsp3) is 0.606. The molecular weight excluding hydrogens is 585 g/mol. The number of amides is 1. The van der Waals surface area contributed by atoms with Gasteiger partial charge in [-0.05, 0) is 38.0 Å². The second kappa shape index (κ2) is 17.7. The Bertz CT molecular complexity index is 1360. The van der Waals surface area contributed by atoms with Crippen LogP contribution in [0.3, 0.4) is 0 Å². The van der Waals surface area contributed by atoms with Crippen molar-refractivity contribution in [3.63, 3.8) is 0 Å². The van der Waals surface area contributed by atoms with E-state index in [-0.39, 0.29) is 24.9 Å². The first kappa shape index (κ1) is 35.8. The molecule has 1 amide bonds. The lowest BCUT2D eigenvalue weighted by Gasteiger charge is -2.29. The summed E-state index contributed by atoms with van der Waals surface area (Å²) in [5.74, 6) is -0.471. The van der Waals surface area contributed by atoms with E-state index in [1.807, 2.05) is 11.4 Å². The second-order valence-electron chi connectivity index (χ2n) is 11.7. The van der Waals surface area contributed by atoms with Crippen molar-refractivity contribution >= 4 is 28.7 Å². The van der Waals surface area contributed by atoms with Crippen LogP contribution in [-0.2, 0) is 21.1 Å². The lowest BCUT2D eigenvalue weighted by atomic mass is 9.97. The summed E-state index contributed by atoms with van der Waals surface area (Å²) in [6, 6.07) is 5.17. The van der Waals surface area contributed by atoms with Gasteiger partial charge in [0.15, 0.2) is 12.6 Å². The molecular formula is C33H47F3N6O3. The van der Waals surface area contributed by atoms with Crippen molar-refractivity contribution in [2.24, 2.45) is 0 Å². The number of alkyl halides is 3. The Morgan fingerprint density at radius 2 is 1.58 bits per heavy atom. The van der Waals surface area contributed by atoms with Gasteiger partial charge in [0, 0.05) is 36.0 Å². The third kappa shape index (κ3) is 11.6. The standard InChI is InChI=1S/C33H47F3N6O3/c1-4-6-7-8-9-10-11-12-13-14-15-18-28(43)45-24-42-22-26(25-17-16-20-38-30(25)42)29-37-21-19-27(40-29)41-32(3,5-2)31(44)39-23-33(34,35)36/h16-17,19-22H,4-15,18,23-24H2,1-3H3,(H,39,44)(H,37,40,41)/t32-/m1/s1. The Labute approximate surface area is 263 Å². The van der Waals surface area contributed by atoms with E-state index in [0.29, 0.717) is 23.5 Å². The number of hydrogen-bond donors (Lipinski definition) is 2. The number of esters is 1. The zero-order valence-corrected chi connectivity index (χ0v) is 26.7. The van der Waals surface area contributed by atoms with Crippen LogP contribution in [0.1, 0.15) is 104 Å². The van der Waals surface area contributed by atoms with Crippen LogP contribution in [0.15, 0.2) is 36.8 Å². The maximum absolute atomic E-state index is 12.7. The summed E-state index contributed by atoms with van der Waals surface area (Å²) in [7, 11) is 0. The van der Waals surface area contributed by atoms with Gasteiger partial charge >= 0.3 is 12.1 Å². The minimum Gasteiger partial charge on any atom is -0.444 e.